The molecule has 0 bridgehead atoms. The van der Waals surface area contributed by atoms with E-state index in [0.29, 0.717) is 6.61 Å². The third-order valence-corrected chi connectivity index (χ3v) is 3.12. The number of nitrogens with one attached hydrogen (secondary N) is 1. The Kier molecular flexibility index (Phi) is 7.06. The molecule has 2 rings (SSSR count). The van der Waals surface area contributed by atoms with Crippen molar-refractivity contribution >= 4 is 0 Å². The van der Waals surface area contributed by atoms with Gasteiger partial charge < -0.3 is 27.2 Å². The molecule has 0 unspecified atom stereocenters. The van der Waals surface area contributed by atoms with Gasteiger partial charge in [0.15, 0.2) is 11.5 Å². The second kappa shape index (κ2) is 8.55. The Balaban J connectivity index is 0.00000220. The van der Waals surface area contributed by atoms with Gasteiger partial charge in [0.25, 0.3) is 0 Å². The highest BCUT2D eigenvalue weighted by Gasteiger charge is 2.06. The summed E-state index contributed by atoms with van der Waals surface area (Å²) in [4.78, 5) is 0. The second-order valence-corrected chi connectivity index (χ2v) is 4.79. The summed E-state index contributed by atoms with van der Waals surface area (Å²) in [6, 6.07) is 14.3. The molecule has 0 aliphatic rings. The summed E-state index contributed by atoms with van der Waals surface area (Å²) < 4.78 is 11.2. The van der Waals surface area contributed by atoms with Gasteiger partial charge in [0.2, 0.25) is 0 Å². The molecule has 0 fully saturated rings. The van der Waals surface area contributed by atoms with Gasteiger partial charge in [-0.1, -0.05) is 35.9 Å². The SMILES string of the molecule is CNCc1ccc(OCc2ccc(C)cc2)c(OC)c1.[Cl-]. The van der Waals surface area contributed by atoms with Gasteiger partial charge in [-0.3, -0.25) is 0 Å². The number of hydrogen-bond acceptors (Lipinski definition) is 3. The summed E-state index contributed by atoms with van der Waals surface area (Å²) in [5.41, 5.74) is 3.58. The molecule has 0 amide bonds. The lowest BCUT2D eigenvalue weighted by molar-refractivity contribution is -0.00000479. The number of halogens is 1. The van der Waals surface area contributed by atoms with Crippen molar-refractivity contribution in [3.8, 4) is 11.5 Å². The molecule has 0 aliphatic heterocycles. The lowest BCUT2D eigenvalue weighted by atomic mass is 10.1. The molecule has 0 saturated heterocycles. The van der Waals surface area contributed by atoms with Crippen molar-refractivity contribution in [1.29, 1.82) is 0 Å². The zero-order valence-corrected chi connectivity index (χ0v) is 13.4. The fraction of sp³-hybridized carbons (Fsp3) is 0.294. The molecule has 0 saturated carbocycles. The fourth-order valence-electron chi connectivity index (χ4n) is 1.99. The van der Waals surface area contributed by atoms with Crippen molar-refractivity contribution in [2.45, 2.75) is 20.1 Å². The average Bonchev–Trinajstić information content (AvgIpc) is 2.47. The molecule has 0 heterocycles. The molecule has 114 valence electrons. The highest BCUT2D eigenvalue weighted by Crippen LogP contribution is 2.28. The number of rotatable bonds is 6. The van der Waals surface area contributed by atoms with E-state index in [1.165, 1.54) is 11.1 Å². The van der Waals surface area contributed by atoms with E-state index >= 15 is 0 Å². The van der Waals surface area contributed by atoms with E-state index in [4.69, 9.17) is 9.47 Å². The highest BCUT2D eigenvalue weighted by molar-refractivity contribution is 5.43. The number of benzene rings is 2. The van der Waals surface area contributed by atoms with Crippen LogP contribution in [0.4, 0.5) is 0 Å². The van der Waals surface area contributed by atoms with Crippen LogP contribution in [0.5, 0.6) is 11.5 Å². The largest absolute Gasteiger partial charge is 1.00 e. The van der Waals surface area contributed by atoms with E-state index in [2.05, 4.69) is 36.5 Å². The molecule has 4 heteroatoms. The van der Waals surface area contributed by atoms with Crippen LogP contribution in [-0.2, 0) is 13.2 Å². The third kappa shape index (κ3) is 4.96. The van der Waals surface area contributed by atoms with Crippen LogP contribution >= 0.6 is 0 Å². The maximum Gasteiger partial charge on any atom is 0.161 e. The Morgan fingerprint density at radius 1 is 0.952 bits per heavy atom. The minimum Gasteiger partial charge on any atom is -1.00 e. The molecule has 3 nitrogen and oxygen atoms in total. The predicted octanol–water partition coefficient (Wildman–Crippen LogP) is 0.306. The van der Waals surface area contributed by atoms with Crippen molar-refractivity contribution in [2.75, 3.05) is 14.2 Å². The normalized spacial score (nSPS) is 9.86. The van der Waals surface area contributed by atoms with Crippen LogP contribution in [0.3, 0.4) is 0 Å². The Bertz CT molecular complexity index is 555. The maximum absolute atomic E-state index is 5.84. The fourth-order valence-corrected chi connectivity index (χ4v) is 1.99. The highest BCUT2D eigenvalue weighted by atomic mass is 35.5. The Morgan fingerprint density at radius 3 is 2.24 bits per heavy atom. The van der Waals surface area contributed by atoms with Gasteiger partial charge in [0, 0.05) is 6.54 Å². The first-order valence-corrected chi connectivity index (χ1v) is 6.73. The topological polar surface area (TPSA) is 30.5 Å². The van der Waals surface area contributed by atoms with Gasteiger partial charge in [-0.15, -0.1) is 0 Å². The van der Waals surface area contributed by atoms with Gasteiger partial charge in [-0.05, 0) is 37.2 Å². The predicted molar refractivity (Wildman–Crippen MR) is 81.3 cm³/mol. The van der Waals surface area contributed by atoms with Gasteiger partial charge in [0.05, 0.1) is 7.11 Å². The summed E-state index contributed by atoms with van der Waals surface area (Å²) in [5.74, 6) is 1.54. The summed E-state index contributed by atoms with van der Waals surface area (Å²) in [5, 5.41) is 3.12. The molecule has 0 aromatic heterocycles. The van der Waals surface area contributed by atoms with Crippen molar-refractivity contribution in [1.82, 2.24) is 5.32 Å². The van der Waals surface area contributed by atoms with Crippen LogP contribution in [-0.4, -0.2) is 14.2 Å². The Hall–Kier alpha value is -1.71. The number of aryl methyl sites for hydroxylation is 1. The van der Waals surface area contributed by atoms with E-state index in [1.807, 2.05) is 25.2 Å². The van der Waals surface area contributed by atoms with Gasteiger partial charge >= 0.3 is 0 Å². The van der Waals surface area contributed by atoms with Crippen LogP contribution in [0.15, 0.2) is 42.5 Å². The van der Waals surface area contributed by atoms with Crippen molar-refractivity contribution < 1.29 is 21.9 Å². The lowest BCUT2D eigenvalue weighted by Gasteiger charge is -2.12. The van der Waals surface area contributed by atoms with Crippen molar-refractivity contribution in [2.24, 2.45) is 0 Å². The molecule has 0 atom stereocenters. The third-order valence-electron chi connectivity index (χ3n) is 3.12. The monoisotopic (exact) mass is 306 g/mol. The molecular formula is C17H21ClNO2-. The second-order valence-electron chi connectivity index (χ2n) is 4.79. The van der Waals surface area contributed by atoms with E-state index < -0.39 is 0 Å². The summed E-state index contributed by atoms with van der Waals surface area (Å²) in [7, 11) is 3.59. The number of methoxy groups -OCH3 is 1. The smallest absolute Gasteiger partial charge is 0.161 e. The average molecular weight is 307 g/mol. The van der Waals surface area contributed by atoms with E-state index in [-0.39, 0.29) is 12.4 Å². The summed E-state index contributed by atoms with van der Waals surface area (Å²) >= 11 is 0. The van der Waals surface area contributed by atoms with Crippen molar-refractivity contribution in [3.05, 3.63) is 59.2 Å². The zero-order valence-electron chi connectivity index (χ0n) is 12.7. The first kappa shape index (κ1) is 17.3. The summed E-state index contributed by atoms with van der Waals surface area (Å²) in [6.07, 6.45) is 0. The first-order valence-electron chi connectivity index (χ1n) is 6.73. The zero-order chi connectivity index (χ0) is 14.4. The van der Waals surface area contributed by atoms with E-state index in [9.17, 15) is 0 Å². The van der Waals surface area contributed by atoms with E-state index in [1.54, 1.807) is 7.11 Å². The molecule has 2 aromatic rings. The Morgan fingerprint density at radius 2 is 1.62 bits per heavy atom. The van der Waals surface area contributed by atoms with Crippen LogP contribution in [0.1, 0.15) is 16.7 Å². The standard InChI is InChI=1S/C17H21NO2.ClH/c1-13-4-6-14(7-5-13)12-20-16-9-8-15(11-18-2)10-17(16)19-3;/h4-10,18H,11-12H2,1-3H3;1H/p-1. The van der Waals surface area contributed by atoms with Crippen LogP contribution in [0, 0.1) is 6.92 Å². The maximum atomic E-state index is 5.84. The molecule has 2 aromatic carbocycles. The minimum atomic E-state index is 0. The van der Waals surface area contributed by atoms with Gasteiger partial charge in [-0.2, -0.15) is 0 Å². The van der Waals surface area contributed by atoms with Crippen LogP contribution in [0.25, 0.3) is 0 Å². The van der Waals surface area contributed by atoms with Gasteiger partial charge in [0.1, 0.15) is 6.61 Å². The molecule has 1 N–H and O–H groups in total. The molecule has 21 heavy (non-hydrogen) atoms. The Labute approximate surface area is 132 Å². The number of ether oxygens (including phenoxy) is 2. The quantitative estimate of drug-likeness (QED) is 0.833. The minimum absolute atomic E-state index is 0. The number of hydrogen-bond donors (Lipinski definition) is 1. The molecule has 0 radical (unpaired) electrons. The molecular weight excluding hydrogens is 286 g/mol. The lowest BCUT2D eigenvalue weighted by Crippen LogP contribution is -3.00. The summed E-state index contributed by atoms with van der Waals surface area (Å²) in [6.45, 7) is 3.44. The first-order chi connectivity index (χ1) is 9.72. The molecule has 0 spiro atoms. The van der Waals surface area contributed by atoms with Crippen LogP contribution < -0.4 is 27.2 Å². The van der Waals surface area contributed by atoms with Crippen LogP contribution in [0.2, 0.25) is 0 Å². The van der Waals surface area contributed by atoms with Gasteiger partial charge in [-0.25, -0.2) is 0 Å². The molecule has 0 aliphatic carbocycles. The van der Waals surface area contributed by atoms with Crippen molar-refractivity contribution in [3.63, 3.8) is 0 Å². The van der Waals surface area contributed by atoms with E-state index in [0.717, 1.165) is 23.6 Å².